The van der Waals surface area contributed by atoms with Gasteiger partial charge in [0, 0.05) is 16.5 Å². The Balaban J connectivity index is 3.61. The van der Waals surface area contributed by atoms with Crippen LogP contribution >= 0.6 is 11.8 Å². The predicted octanol–water partition coefficient (Wildman–Crippen LogP) is 1.61. The largest absolute Gasteiger partial charge is 0.392 e. The van der Waals surface area contributed by atoms with E-state index >= 15 is 0 Å². The van der Waals surface area contributed by atoms with E-state index in [1.807, 2.05) is 20.8 Å². The molecule has 3 N–H and O–H groups in total. The molecule has 0 aliphatic heterocycles. The lowest BCUT2D eigenvalue weighted by Gasteiger charge is -2.20. The number of hydrogen-bond donors (Lipinski definition) is 2. The van der Waals surface area contributed by atoms with Gasteiger partial charge in [-0.25, -0.2) is 0 Å². The third-order valence-electron chi connectivity index (χ3n) is 1.83. The Hall–Kier alpha value is 0.270. The van der Waals surface area contributed by atoms with Crippen LogP contribution in [0.3, 0.4) is 0 Å². The lowest BCUT2D eigenvalue weighted by Crippen LogP contribution is -2.23. The highest BCUT2D eigenvalue weighted by Crippen LogP contribution is 2.22. The second-order valence-corrected chi connectivity index (χ2v) is 5.43. The van der Waals surface area contributed by atoms with Gasteiger partial charge in [-0.1, -0.05) is 13.8 Å². The summed E-state index contributed by atoms with van der Waals surface area (Å²) in [6, 6.07) is 0.258. The molecule has 12 heavy (non-hydrogen) atoms. The molecule has 0 radical (unpaired) electrons. The molecule has 0 aromatic heterocycles. The molecule has 3 heteroatoms. The summed E-state index contributed by atoms with van der Waals surface area (Å²) in [6.07, 6.45) is 0.785. The van der Waals surface area contributed by atoms with Crippen LogP contribution in [-0.4, -0.2) is 27.8 Å². The molecular weight excluding hydrogens is 170 g/mol. The van der Waals surface area contributed by atoms with Gasteiger partial charge in [0.25, 0.3) is 0 Å². The van der Waals surface area contributed by atoms with Gasteiger partial charge in [-0.3, -0.25) is 0 Å². The minimum atomic E-state index is -0.231. The highest BCUT2D eigenvalue weighted by Gasteiger charge is 2.14. The third kappa shape index (κ3) is 5.86. The van der Waals surface area contributed by atoms with Crippen molar-refractivity contribution >= 4 is 11.8 Å². The van der Waals surface area contributed by atoms with E-state index in [4.69, 9.17) is 5.73 Å². The van der Waals surface area contributed by atoms with E-state index in [1.54, 1.807) is 11.8 Å². The normalized spacial score (nSPS) is 21.5. The summed E-state index contributed by atoms with van der Waals surface area (Å²) in [6.45, 7) is 8.06. The van der Waals surface area contributed by atoms with Crippen LogP contribution in [0.4, 0.5) is 0 Å². The van der Waals surface area contributed by atoms with Crippen LogP contribution in [0, 0.1) is 0 Å². The minimum absolute atomic E-state index is 0.231. The van der Waals surface area contributed by atoms with Crippen LogP contribution in [0.2, 0.25) is 0 Å². The van der Waals surface area contributed by atoms with Gasteiger partial charge in [0.05, 0.1) is 6.10 Å². The maximum atomic E-state index is 9.25. The maximum Gasteiger partial charge on any atom is 0.0628 e. The average molecular weight is 191 g/mol. The fourth-order valence-electron chi connectivity index (χ4n) is 1.06. The number of aliphatic hydroxyl groups excluding tert-OH is 1. The smallest absolute Gasteiger partial charge is 0.0628 e. The van der Waals surface area contributed by atoms with E-state index in [0.717, 1.165) is 6.42 Å². The molecule has 4 unspecified atom stereocenters. The Bertz CT molecular complexity index is 117. The van der Waals surface area contributed by atoms with Crippen LogP contribution in [0.1, 0.15) is 34.1 Å². The summed E-state index contributed by atoms with van der Waals surface area (Å²) in [5, 5.41) is 10.1. The number of hydrogen-bond acceptors (Lipinski definition) is 3. The zero-order valence-corrected chi connectivity index (χ0v) is 9.27. The first-order valence-corrected chi connectivity index (χ1v) is 5.46. The van der Waals surface area contributed by atoms with E-state index in [9.17, 15) is 5.11 Å². The van der Waals surface area contributed by atoms with Gasteiger partial charge in [-0.05, 0) is 20.3 Å². The monoisotopic (exact) mass is 191 g/mol. The standard InChI is InChI=1S/C9H21NOS/c1-6(10)5-7(2)12-9(4)8(3)11/h6-9,11H,5,10H2,1-4H3. The zero-order chi connectivity index (χ0) is 9.72. The van der Waals surface area contributed by atoms with Crippen molar-refractivity contribution in [1.82, 2.24) is 0 Å². The summed E-state index contributed by atoms with van der Waals surface area (Å²) in [5.74, 6) is 0. The first-order chi connectivity index (χ1) is 5.43. The van der Waals surface area contributed by atoms with Gasteiger partial charge in [0.15, 0.2) is 0 Å². The van der Waals surface area contributed by atoms with Gasteiger partial charge in [0.1, 0.15) is 0 Å². The van der Waals surface area contributed by atoms with Gasteiger partial charge in [-0.2, -0.15) is 11.8 Å². The molecule has 74 valence electrons. The van der Waals surface area contributed by atoms with Gasteiger partial charge in [0.2, 0.25) is 0 Å². The highest BCUT2D eigenvalue weighted by atomic mass is 32.2. The molecule has 0 saturated heterocycles. The van der Waals surface area contributed by atoms with Crippen molar-refractivity contribution in [2.75, 3.05) is 0 Å². The number of rotatable bonds is 5. The van der Waals surface area contributed by atoms with Crippen LogP contribution in [0.25, 0.3) is 0 Å². The molecule has 0 heterocycles. The Kier molecular flexibility index (Phi) is 5.97. The van der Waals surface area contributed by atoms with Crippen molar-refractivity contribution in [1.29, 1.82) is 0 Å². The first-order valence-electron chi connectivity index (χ1n) is 4.52. The lowest BCUT2D eigenvalue weighted by atomic mass is 10.2. The topological polar surface area (TPSA) is 46.2 Å². The summed E-state index contributed by atoms with van der Waals surface area (Å²) in [7, 11) is 0. The SMILES string of the molecule is CC(N)CC(C)SC(C)C(C)O. The summed E-state index contributed by atoms with van der Waals surface area (Å²) in [5.41, 5.74) is 5.67. The molecule has 0 amide bonds. The van der Waals surface area contributed by atoms with Crippen molar-refractivity contribution in [3.8, 4) is 0 Å². The maximum absolute atomic E-state index is 9.25. The van der Waals surface area contributed by atoms with E-state index in [1.165, 1.54) is 0 Å². The van der Waals surface area contributed by atoms with Gasteiger partial charge >= 0.3 is 0 Å². The first kappa shape index (κ1) is 12.3. The van der Waals surface area contributed by atoms with Crippen molar-refractivity contribution in [3.63, 3.8) is 0 Å². The van der Waals surface area contributed by atoms with Crippen LogP contribution in [0.15, 0.2) is 0 Å². The Morgan fingerprint density at radius 1 is 1.25 bits per heavy atom. The summed E-state index contributed by atoms with van der Waals surface area (Å²) < 4.78 is 0. The van der Waals surface area contributed by atoms with E-state index < -0.39 is 0 Å². The van der Waals surface area contributed by atoms with E-state index in [0.29, 0.717) is 10.5 Å². The fourth-order valence-corrected chi connectivity index (χ4v) is 2.43. The molecule has 2 nitrogen and oxygen atoms in total. The molecule has 0 aromatic carbocycles. The average Bonchev–Trinajstić information content (AvgIpc) is 1.84. The van der Waals surface area contributed by atoms with Crippen LogP contribution < -0.4 is 5.73 Å². The predicted molar refractivity (Wildman–Crippen MR) is 56.5 cm³/mol. The molecule has 0 spiro atoms. The molecule has 0 rings (SSSR count). The quantitative estimate of drug-likeness (QED) is 0.694. The van der Waals surface area contributed by atoms with Crippen molar-refractivity contribution in [2.45, 2.75) is 56.8 Å². The number of thioether (sulfide) groups is 1. The zero-order valence-electron chi connectivity index (χ0n) is 8.45. The van der Waals surface area contributed by atoms with Crippen molar-refractivity contribution < 1.29 is 5.11 Å². The second-order valence-electron chi connectivity index (χ2n) is 3.61. The Morgan fingerprint density at radius 3 is 2.08 bits per heavy atom. The fraction of sp³-hybridized carbons (Fsp3) is 1.00. The van der Waals surface area contributed by atoms with E-state index in [-0.39, 0.29) is 12.1 Å². The van der Waals surface area contributed by atoms with Gasteiger partial charge in [-0.15, -0.1) is 0 Å². The lowest BCUT2D eigenvalue weighted by molar-refractivity contribution is 0.196. The summed E-state index contributed by atoms with van der Waals surface area (Å²) in [4.78, 5) is 0. The molecule has 0 bridgehead atoms. The number of aliphatic hydroxyl groups is 1. The van der Waals surface area contributed by atoms with Crippen LogP contribution in [0.5, 0.6) is 0 Å². The Morgan fingerprint density at radius 2 is 1.75 bits per heavy atom. The molecule has 0 fully saturated rings. The van der Waals surface area contributed by atoms with Crippen molar-refractivity contribution in [2.24, 2.45) is 5.73 Å². The Labute approximate surface area is 79.9 Å². The van der Waals surface area contributed by atoms with Crippen LogP contribution in [-0.2, 0) is 0 Å². The molecule has 0 saturated carbocycles. The molecule has 0 aliphatic carbocycles. The molecule has 0 aliphatic rings. The highest BCUT2D eigenvalue weighted by molar-refractivity contribution is 8.00. The number of nitrogens with two attached hydrogens (primary N) is 1. The van der Waals surface area contributed by atoms with Gasteiger partial charge < -0.3 is 10.8 Å². The molecule has 0 aromatic rings. The van der Waals surface area contributed by atoms with E-state index in [2.05, 4.69) is 6.92 Å². The molecule has 4 atom stereocenters. The minimum Gasteiger partial charge on any atom is -0.392 e. The summed E-state index contributed by atoms with van der Waals surface area (Å²) >= 11 is 1.81. The van der Waals surface area contributed by atoms with Crippen molar-refractivity contribution in [3.05, 3.63) is 0 Å². The third-order valence-corrected chi connectivity index (χ3v) is 3.31. The second kappa shape index (κ2) is 5.84. The molecular formula is C9H21NOS.